The maximum absolute atomic E-state index is 13.0. The molecule has 1 aromatic rings. The minimum Gasteiger partial charge on any atom is -0.494 e. The number of hydrogen-bond donors (Lipinski definition) is 0. The fraction of sp³-hybridized carbons (Fsp3) is 0.571. The third kappa shape index (κ3) is 4.46. The number of likely N-dealkylation sites (tertiary alicyclic amines) is 1. The van der Waals surface area contributed by atoms with Crippen LogP contribution in [0.15, 0.2) is 24.3 Å². The van der Waals surface area contributed by atoms with E-state index >= 15 is 0 Å². The molecule has 2 heterocycles. The number of anilines is 1. The van der Waals surface area contributed by atoms with Gasteiger partial charge in [0, 0.05) is 31.7 Å². The topological polar surface area (TPSA) is 76.2 Å². The first kappa shape index (κ1) is 20.2. The molecule has 2 aliphatic rings. The van der Waals surface area contributed by atoms with Crippen molar-refractivity contribution in [1.82, 2.24) is 4.90 Å². The van der Waals surface area contributed by atoms with Crippen LogP contribution in [0, 0.1) is 11.8 Å². The molecule has 0 spiro atoms. The van der Waals surface area contributed by atoms with Gasteiger partial charge < -0.3 is 19.3 Å². The Labute approximate surface area is 165 Å². The number of esters is 1. The Bertz CT molecular complexity index is 718. The fourth-order valence-electron chi connectivity index (χ4n) is 3.90. The van der Waals surface area contributed by atoms with Gasteiger partial charge in [-0.3, -0.25) is 14.4 Å². The molecule has 0 saturated carbocycles. The number of carbonyl (C=O) groups excluding carboxylic acids is 3. The van der Waals surface area contributed by atoms with Crippen molar-refractivity contribution in [3.8, 4) is 5.75 Å². The molecule has 2 aliphatic heterocycles. The maximum Gasteiger partial charge on any atom is 0.310 e. The summed E-state index contributed by atoms with van der Waals surface area (Å²) in [5.41, 5.74) is 0.770. The largest absolute Gasteiger partial charge is 0.494 e. The number of benzene rings is 1. The average Bonchev–Trinajstić information content (AvgIpc) is 3.10. The highest BCUT2D eigenvalue weighted by Gasteiger charge is 2.39. The lowest BCUT2D eigenvalue weighted by molar-refractivity contribution is -0.152. The number of rotatable bonds is 6. The van der Waals surface area contributed by atoms with Crippen LogP contribution in [0.3, 0.4) is 0 Å². The van der Waals surface area contributed by atoms with Gasteiger partial charge in [0.05, 0.1) is 25.0 Å². The van der Waals surface area contributed by atoms with Crippen LogP contribution in [0.1, 0.15) is 33.1 Å². The Hall–Kier alpha value is -2.57. The first-order valence-electron chi connectivity index (χ1n) is 10.0. The molecule has 1 aromatic carbocycles. The summed E-state index contributed by atoms with van der Waals surface area (Å²) in [6.45, 7) is 6.00. The third-order valence-electron chi connectivity index (χ3n) is 5.29. The molecule has 0 aromatic heterocycles. The molecule has 3 rings (SSSR count). The average molecular weight is 388 g/mol. The molecule has 7 nitrogen and oxygen atoms in total. The van der Waals surface area contributed by atoms with Crippen molar-refractivity contribution < 1.29 is 23.9 Å². The lowest BCUT2D eigenvalue weighted by Crippen LogP contribution is -2.45. The number of hydrogen-bond acceptors (Lipinski definition) is 5. The highest BCUT2D eigenvalue weighted by Crippen LogP contribution is 2.29. The zero-order valence-corrected chi connectivity index (χ0v) is 16.6. The Morgan fingerprint density at radius 1 is 1.07 bits per heavy atom. The zero-order chi connectivity index (χ0) is 20.1. The van der Waals surface area contributed by atoms with Crippen LogP contribution in [0.5, 0.6) is 5.75 Å². The molecular weight excluding hydrogens is 360 g/mol. The Kier molecular flexibility index (Phi) is 6.54. The van der Waals surface area contributed by atoms with Crippen LogP contribution in [-0.4, -0.2) is 55.5 Å². The van der Waals surface area contributed by atoms with Crippen LogP contribution in [0.25, 0.3) is 0 Å². The minimum absolute atomic E-state index is 0.0456. The summed E-state index contributed by atoms with van der Waals surface area (Å²) in [5, 5.41) is 0. The number of amides is 2. The van der Waals surface area contributed by atoms with Crippen LogP contribution in [0.2, 0.25) is 0 Å². The first-order chi connectivity index (χ1) is 13.5. The van der Waals surface area contributed by atoms with E-state index in [2.05, 4.69) is 0 Å². The maximum atomic E-state index is 13.0. The van der Waals surface area contributed by atoms with Gasteiger partial charge in [0.2, 0.25) is 11.8 Å². The molecule has 2 saturated heterocycles. The Balaban J connectivity index is 1.62. The van der Waals surface area contributed by atoms with Crippen molar-refractivity contribution in [1.29, 1.82) is 0 Å². The van der Waals surface area contributed by atoms with Gasteiger partial charge in [-0.25, -0.2) is 0 Å². The normalized spacial score (nSPS) is 22.3. The molecule has 7 heteroatoms. The second-order valence-electron chi connectivity index (χ2n) is 7.21. The van der Waals surface area contributed by atoms with Crippen molar-refractivity contribution in [3.05, 3.63) is 24.3 Å². The standard InChI is InChI=1S/C21H28N2O5/c1-3-27-18-9-7-17(8-10-18)23-14-16(12-19(23)24)20(25)22-11-5-6-15(13-22)21(26)28-4-2/h7-10,15-16H,3-6,11-14H2,1-2H3/t15-,16+/m1/s1. The predicted octanol–water partition coefficient (Wildman–Crippen LogP) is 2.24. The molecule has 2 fully saturated rings. The molecule has 28 heavy (non-hydrogen) atoms. The summed E-state index contributed by atoms with van der Waals surface area (Å²) in [4.78, 5) is 40.9. The minimum atomic E-state index is -0.375. The highest BCUT2D eigenvalue weighted by molar-refractivity contribution is 6.00. The van der Waals surface area contributed by atoms with E-state index in [0.717, 1.165) is 24.3 Å². The lowest BCUT2D eigenvalue weighted by atomic mass is 9.96. The SMILES string of the molecule is CCOC(=O)[C@@H]1CCCN(C(=O)[C@H]2CC(=O)N(c3ccc(OCC)cc3)C2)C1. The van der Waals surface area contributed by atoms with E-state index < -0.39 is 0 Å². The van der Waals surface area contributed by atoms with Gasteiger partial charge in [0.25, 0.3) is 0 Å². The first-order valence-corrected chi connectivity index (χ1v) is 10.0. The number of ether oxygens (including phenoxy) is 2. The van der Waals surface area contributed by atoms with Gasteiger partial charge in [-0.15, -0.1) is 0 Å². The van der Waals surface area contributed by atoms with E-state index in [0.29, 0.717) is 32.8 Å². The summed E-state index contributed by atoms with van der Waals surface area (Å²) in [6.07, 6.45) is 1.72. The van der Waals surface area contributed by atoms with E-state index in [9.17, 15) is 14.4 Å². The van der Waals surface area contributed by atoms with Gasteiger partial charge >= 0.3 is 5.97 Å². The van der Waals surface area contributed by atoms with Gasteiger partial charge in [-0.2, -0.15) is 0 Å². The lowest BCUT2D eigenvalue weighted by Gasteiger charge is -2.33. The van der Waals surface area contributed by atoms with Gasteiger partial charge in [-0.1, -0.05) is 0 Å². The van der Waals surface area contributed by atoms with E-state index in [-0.39, 0.29) is 36.0 Å². The van der Waals surface area contributed by atoms with Crippen molar-refractivity contribution in [3.63, 3.8) is 0 Å². The molecule has 0 bridgehead atoms. The van der Waals surface area contributed by atoms with Crippen molar-refractivity contribution in [2.24, 2.45) is 11.8 Å². The number of carbonyl (C=O) groups is 3. The smallest absolute Gasteiger partial charge is 0.310 e. The fourth-order valence-corrected chi connectivity index (χ4v) is 3.90. The van der Waals surface area contributed by atoms with Gasteiger partial charge in [-0.05, 0) is 51.0 Å². The molecule has 0 radical (unpaired) electrons. The van der Waals surface area contributed by atoms with Crippen molar-refractivity contribution in [2.75, 3.05) is 37.7 Å². The predicted molar refractivity (Wildman–Crippen MR) is 104 cm³/mol. The zero-order valence-electron chi connectivity index (χ0n) is 16.6. The van der Waals surface area contributed by atoms with Crippen LogP contribution < -0.4 is 9.64 Å². The second-order valence-corrected chi connectivity index (χ2v) is 7.21. The van der Waals surface area contributed by atoms with Crippen LogP contribution in [-0.2, 0) is 19.1 Å². The quantitative estimate of drug-likeness (QED) is 0.699. The molecular formula is C21H28N2O5. The van der Waals surface area contributed by atoms with Gasteiger partial charge in [0.15, 0.2) is 0 Å². The van der Waals surface area contributed by atoms with Crippen molar-refractivity contribution >= 4 is 23.5 Å². The van der Waals surface area contributed by atoms with E-state index in [1.165, 1.54) is 0 Å². The monoisotopic (exact) mass is 388 g/mol. The van der Waals surface area contributed by atoms with Gasteiger partial charge in [0.1, 0.15) is 5.75 Å². The Morgan fingerprint density at radius 2 is 1.82 bits per heavy atom. The molecule has 0 unspecified atom stereocenters. The molecule has 2 amide bonds. The van der Waals surface area contributed by atoms with E-state index in [4.69, 9.17) is 9.47 Å². The molecule has 0 N–H and O–H groups in total. The second kappa shape index (κ2) is 9.08. The summed E-state index contributed by atoms with van der Waals surface area (Å²) in [7, 11) is 0. The van der Waals surface area contributed by atoms with E-state index in [1.807, 2.05) is 31.2 Å². The molecule has 0 aliphatic carbocycles. The Morgan fingerprint density at radius 3 is 2.50 bits per heavy atom. The van der Waals surface area contributed by atoms with E-state index in [1.54, 1.807) is 16.7 Å². The molecule has 2 atom stereocenters. The van der Waals surface area contributed by atoms with Crippen LogP contribution >= 0.6 is 0 Å². The summed E-state index contributed by atoms with van der Waals surface area (Å²) >= 11 is 0. The highest BCUT2D eigenvalue weighted by atomic mass is 16.5. The third-order valence-corrected chi connectivity index (χ3v) is 5.29. The summed E-state index contributed by atoms with van der Waals surface area (Å²) in [6, 6.07) is 7.34. The number of piperidine rings is 1. The van der Waals surface area contributed by atoms with Crippen LogP contribution in [0.4, 0.5) is 5.69 Å². The number of nitrogens with zero attached hydrogens (tertiary/aromatic N) is 2. The summed E-state index contributed by atoms with van der Waals surface area (Å²) in [5.74, 6) is -0.225. The van der Waals surface area contributed by atoms with Crippen molar-refractivity contribution in [2.45, 2.75) is 33.1 Å². The molecule has 152 valence electrons. The summed E-state index contributed by atoms with van der Waals surface area (Å²) < 4.78 is 10.5.